The van der Waals surface area contributed by atoms with Crippen LogP contribution < -0.4 is 10.0 Å². The van der Waals surface area contributed by atoms with Gasteiger partial charge in [-0.05, 0) is 44.2 Å². The van der Waals surface area contributed by atoms with E-state index >= 15 is 0 Å². The highest BCUT2D eigenvalue weighted by molar-refractivity contribution is 7.89. The Kier molecular flexibility index (Phi) is 9.21. The third-order valence-electron chi connectivity index (χ3n) is 3.28. The maximum absolute atomic E-state index is 11.8. The van der Waals surface area contributed by atoms with E-state index in [2.05, 4.69) is 17.0 Å². The van der Waals surface area contributed by atoms with Crippen molar-refractivity contribution in [2.24, 2.45) is 11.8 Å². The quantitative estimate of drug-likeness (QED) is 0.753. The first kappa shape index (κ1) is 18.2. The van der Waals surface area contributed by atoms with Crippen molar-refractivity contribution in [1.29, 1.82) is 0 Å². The SMILES string of the molecule is CCCC(C)CS(=O)(=O)NCC1CCCNC1.Cl. The molecule has 1 rings (SSSR count). The molecule has 0 saturated carbocycles. The summed E-state index contributed by atoms with van der Waals surface area (Å²) in [6.45, 7) is 6.69. The smallest absolute Gasteiger partial charge is 0.211 e. The minimum absolute atomic E-state index is 0. The molecule has 0 aliphatic carbocycles. The summed E-state index contributed by atoms with van der Waals surface area (Å²) in [4.78, 5) is 0. The molecule has 1 aliphatic heterocycles. The van der Waals surface area contributed by atoms with Crippen molar-refractivity contribution >= 4 is 22.4 Å². The standard InChI is InChI=1S/C12H26N2O2S.ClH/c1-3-5-11(2)10-17(15,16)14-9-12-6-4-7-13-8-12;/h11-14H,3-10H2,1-2H3;1H. The second-order valence-corrected chi connectivity index (χ2v) is 7.09. The fourth-order valence-electron chi connectivity index (χ4n) is 2.35. The van der Waals surface area contributed by atoms with Gasteiger partial charge in [-0.2, -0.15) is 0 Å². The van der Waals surface area contributed by atoms with E-state index in [4.69, 9.17) is 0 Å². The Bertz CT molecular complexity index is 303. The molecular weight excluding hydrogens is 272 g/mol. The average Bonchev–Trinajstić information content (AvgIpc) is 2.27. The molecule has 1 fully saturated rings. The van der Waals surface area contributed by atoms with Gasteiger partial charge in [-0.1, -0.05) is 20.3 Å². The third kappa shape index (κ3) is 7.56. The second kappa shape index (κ2) is 9.13. The van der Waals surface area contributed by atoms with Gasteiger partial charge in [-0.3, -0.25) is 0 Å². The topological polar surface area (TPSA) is 58.2 Å². The summed E-state index contributed by atoms with van der Waals surface area (Å²) >= 11 is 0. The summed E-state index contributed by atoms with van der Waals surface area (Å²) in [5.74, 6) is 0.975. The van der Waals surface area contributed by atoms with E-state index in [1.54, 1.807) is 0 Å². The Labute approximate surface area is 118 Å². The number of sulfonamides is 1. The molecule has 0 bridgehead atoms. The van der Waals surface area contributed by atoms with Crippen molar-refractivity contribution in [3.05, 3.63) is 0 Å². The average molecular weight is 299 g/mol. The first-order chi connectivity index (χ1) is 8.03. The second-order valence-electron chi connectivity index (χ2n) is 5.24. The lowest BCUT2D eigenvalue weighted by molar-refractivity contribution is 0.375. The van der Waals surface area contributed by atoms with Crippen molar-refractivity contribution in [3.8, 4) is 0 Å². The van der Waals surface area contributed by atoms with Crippen LogP contribution in [0, 0.1) is 11.8 Å². The van der Waals surface area contributed by atoms with Gasteiger partial charge in [0.25, 0.3) is 0 Å². The highest BCUT2D eigenvalue weighted by Crippen LogP contribution is 2.11. The van der Waals surface area contributed by atoms with E-state index in [1.807, 2.05) is 6.92 Å². The largest absolute Gasteiger partial charge is 0.316 e. The number of piperidine rings is 1. The van der Waals surface area contributed by atoms with Crippen LogP contribution >= 0.6 is 12.4 Å². The third-order valence-corrected chi connectivity index (χ3v) is 4.89. The maximum Gasteiger partial charge on any atom is 0.211 e. The van der Waals surface area contributed by atoms with Gasteiger partial charge in [0.1, 0.15) is 0 Å². The van der Waals surface area contributed by atoms with Crippen molar-refractivity contribution in [2.45, 2.75) is 39.5 Å². The highest BCUT2D eigenvalue weighted by Gasteiger charge is 2.18. The molecule has 2 unspecified atom stereocenters. The zero-order chi connectivity index (χ0) is 12.7. The fraction of sp³-hybridized carbons (Fsp3) is 1.00. The lowest BCUT2D eigenvalue weighted by atomic mass is 10.0. The van der Waals surface area contributed by atoms with Crippen LogP contribution in [0.15, 0.2) is 0 Å². The molecule has 1 heterocycles. The van der Waals surface area contributed by atoms with Gasteiger partial charge in [0, 0.05) is 6.54 Å². The monoisotopic (exact) mass is 298 g/mol. The maximum atomic E-state index is 11.8. The summed E-state index contributed by atoms with van der Waals surface area (Å²) in [6.07, 6.45) is 4.30. The van der Waals surface area contributed by atoms with Crippen LogP contribution in [-0.2, 0) is 10.0 Å². The van der Waals surface area contributed by atoms with Gasteiger partial charge < -0.3 is 5.32 Å². The molecule has 0 aromatic carbocycles. The zero-order valence-corrected chi connectivity index (χ0v) is 13.1. The Hall–Kier alpha value is 0.160. The molecule has 6 heteroatoms. The Morgan fingerprint density at radius 2 is 2.17 bits per heavy atom. The van der Waals surface area contributed by atoms with Crippen molar-refractivity contribution in [3.63, 3.8) is 0 Å². The number of nitrogens with one attached hydrogen (secondary N) is 2. The molecule has 2 atom stereocenters. The summed E-state index contributed by atoms with van der Waals surface area (Å²) in [5, 5.41) is 3.30. The number of rotatable bonds is 7. The molecule has 1 aliphatic rings. The van der Waals surface area contributed by atoms with E-state index in [9.17, 15) is 8.42 Å². The predicted molar refractivity (Wildman–Crippen MR) is 78.7 cm³/mol. The highest BCUT2D eigenvalue weighted by atomic mass is 35.5. The lowest BCUT2D eigenvalue weighted by Gasteiger charge is -2.23. The molecule has 0 amide bonds. The molecule has 1 saturated heterocycles. The van der Waals surface area contributed by atoms with Crippen molar-refractivity contribution in [2.75, 3.05) is 25.4 Å². The number of hydrogen-bond acceptors (Lipinski definition) is 3. The van der Waals surface area contributed by atoms with Crippen LogP contribution in [0.1, 0.15) is 39.5 Å². The van der Waals surface area contributed by atoms with Gasteiger partial charge in [0.2, 0.25) is 10.0 Å². The van der Waals surface area contributed by atoms with E-state index in [0.29, 0.717) is 12.5 Å². The minimum Gasteiger partial charge on any atom is -0.316 e. The number of halogens is 1. The Morgan fingerprint density at radius 1 is 1.44 bits per heavy atom. The van der Waals surface area contributed by atoms with Crippen molar-refractivity contribution < 1.29 is 8.42 Å². The molecule has 18 heavy (non-hydrogen) atoms. The van der Waals surface area contributed by atoms with Gasteiger partial charge in [-0.15, -0.1) is 12.4 Å². The fourth-order valence-corrected chi connectivity index (χ4v) is 3.88. The summed E-state index contributed by atoms with van der Waals surface area (Å²) < 4.78 is 26.4. The summed E-state index contributed by atoms with van der Waals surface area (Å²) in [6, 6.07) is 0. The first-order valence-corrected chi connectivity index (χ1v) is 8.36. The van der Waals surface area contributed by atoms with E-state index < -0.39 is 10.0 Å². The van der Waals surface area contributed by atoms with E-state index in [1.165, 1.54) is 0 Å². The molecule has 0 aromatic heterocycles. The van der Waals surface area contributed by atoms with Crippen molar-refractivity contribution in [1.82, 2.24) is 10.0 Å². The Morgan fingerprint density at radius 3 is 2.72 bits per heavy atom. The molecule has 0 spiro atoms. The van der Waals surface area contributed by atoms with Gasteiger partial charge in [0.15, 0.2) is 0 Å². The van der Waals surface area contributed by atoms with Crippen LogP contribution in [0.5, 0.6) is 0 Å². The van der Waals surface area contributed by atoms with Crippen LogP contribution in [0.4, 0.5) is 0 Å². The predicted octanol–water partition coefficient (Wildman–Crippen LogP) is 1.76. The first-order valence-electron chi connectivity index (χ1n) is 6.71. The van der Waals surface area contributed by atoms with Crippen LogP contribution in [0.2, 0.25) is 0 Å². The van der Waals surface area contributed by atoms with Crippen LogP contribution in [0.3, 0.4) is 0 Å². The molecule has 0 aromatic rings. The normalized spacial score (nSPS) is 22.2. The van der Waals surface area contributed by atoms with E-state index in [-0.39, 0.29) is 24.1 Å². The van der Waals surface area contributed by atoms with Gasteiger partial charge in [-0.25, -0.2) is 13.1 Å². The van der Waals surface area contributed by atoms with Gasteiger partial charge in [0.05, 0.1) is 5.75 Å². The van der Waals surface area contributed by atoms with Crippen LogP contribution in [0.25, 0.3) is 0 Å². The van der Waals surface area contributed by atoms with E-state index in [0.717, 1.165) is 38.8 Å². The molecule has 110 valence electrons. The molecule has 4 nitrogen and oxygen atoms in total. The molecular formula is C12H27ClN2O2S. The van der Waals surface area contributed by atoms with Crippen LogP contribution in [-0.4, -0.2) is 33.8 Å². The zero-order valence-electron chi connectivity index (χ0n) is 11.4. The minimum atomic E-state index is -3.08. The number of hydrogen-bond donors (Lipinski definition) is 2. The summed E-state index contributed by atoms with van der Waals surface area (Å²) in [5.41, 5.74) is 0. The Balaban J connectivity index is 0.00000289. The molecule has 2 N–H and O–H groups in total. The van der Waals surface area contributed by atoms with Gasteiger partial charge >= 0.3 is 0 Å². The molecule has 0 radical (unpaired) electrons. The lowest BCUT2D eigenvalue weighted by Crippen LogP contribution is -2.39. The summed E-state index contributed by atoms with van der Waals surface area (Å²) in [7, 11) is -3.08.